The van der Waals surface area contributed by atoms with Crippen LogP contribution in [0.2, 0.25) is 0 Å². The number of benzene rings is 1. The van der Waals surface area contributed by atoms with Crippen LogP contribution in [-0.4, -0.2) is 127 Å². The maximum absolute atomic E-state index is 14.1. The number of carbonyl (C=O) groups is 5. The van der Waals surface area contributed by atoms with Gasteiger partial charge >= 0.3 is 24.5 Å². The molecule has 3 heterocycles. The number of carbonyl (C=O) groups excluding carboxylic acids is 5. The summed E-state index contributed by atoms with van der Waals surface area (Å²) in [5.41, 5.74) is 0.619. The highest BCUT2D eigenvalue weighted by Gasteiger charge is 2.34. The zero-order chi connectivity index (χ0) is 40.1. The van der Waals surface area contributed by atoms with Gasteiger partial charge in [-0.2, -0.15) is 0 Å². The van der Waals surface area contributed by atoms with E-state index >= 15 is 0 Å². The first-order valence-electron chi connectivity index (χ1n) is 18.6. The van der Waals surface area contributed by atoms with Crippen LogP contribution in [0.25, 0.3) is 11.4 Å². The third kappa shape index (κ3) is 12.7. The molecular weight excluding hydrogens is 735 g/mol. The molecule has 55 heavy (non-hydrogen) atoms. The topological polar surface area (TPSA) is 196 Å². The molecule has 4 rings (SSSR count). The fourth-order valence-corrected chi connectivity index (χ4v) is 6.59. The summed E-state index contributed by atoms with van der Waals surface area (Å²) in [6, 6.07) is 9.22. The van der Waals surface area contributed by atoms with E-state index in [0.717, 1.165) is 19.3 Å². The number of ether oxygens (including phenoxy) is 4. The third-order valence-corrected chi connectivity index (χ3v) is 10.1. The van der Waals surface area contributed by atoms with Crippen LogP contribution < -0.4 is 10.2 Å². The Morgan fingerprint density at radius 1 is 0.909 bits per heavy atom. The normalized spacial score (nSPS) is 17.0. The second-order valence-electron chi connectivity index (χ2n) is 13.9. The second-order valence-corrected chi connectivity index (χ2v) is 15.3. The molecule has 1 N–H and O–H groups in total. The average molecular weight is 789 g/mol. The summed E-state index contributed by atoms with van der Waals surface area (Å²) in [5, 5.41) is 2.70. The molecule has 17 nitrogen and oxygen atoms in total. The van der Waals surface area contributed by atoms with Crippen molar-refractivity contribution in [1.82, 2.24) is 25.1 Å². The van der Waals surface area contributed by atoms with E-state index in [9.17, 15) is 28.5 Å². The number of hydrogen-bond donors (Lipinski definition) is 1. The summed E-state index contributed by atoms with van der Waals surface area (Å²) in [5.74, 6) is -3.36. The highest BCUT2D eigenvalue weighted by atomic mass is 31.1. The molecule has 2 fully saturated rings. The van der Waals surface area contributed by atoms with Crippen LogP contribution in [0.15, 0.2) is 36.4 Å². The van der Waals surface area contributed by atoms with Gasteiger partial charge in [-0.15, -0.1) is 0 Å². The number of nitrogens with zero attached hydrogens (tertiary/aromatic N) is 5. The monoisotopic (exact) mass is 788 g/mol. The molecule has 2 saturated heterocycles. The first-order chi connectivity index (χ1) is 26.3. The summed E-state index contributed by atoms with van der Waals surface area (Å²) in [6.07, 6.45) is 1.31. The lowest BCUT2D eigenvalue weighted by Crippen LogP contribution is -2.56. The van der Waals surface area contributed by atoms with E-state index < -0.39 is 68.4 Å². The van der Waals surface area contributed by atoms with Crippen molar-refractivity contribution in [3.8, 4) is 11.4 Å². The van der Waals surface area contributed by atoms with Crippen molar-refractivity contribution in [3.05, 3.63) is 42.1 Å². The molecule has 0 radical (unpaired) electrons. The predicted molar refractivity (Wildman–Crippen MR) is 201 cm³/mol. The number of nitrogens with one attached hydrogen (secondary N) is 1. The number of aromatic nitrogens is 2. The highest BCUT2D eigenvalue weighted by molar-refractivity contribution is 7.39. The molecule has 0 saturated carbocycles. The Hall–Kier alpha value is -4.60. The summed E-state index contributed by atoms with van der Waals surface area (Å²) in [7, 11) is -1.72. The standard InChI is InChI=1S/C37H53N6O11P/c1-7-8-20-51-36(48)42-18-16-41(17-19-42)33(45)29(23-55(49)54-37(52-34(46)24(2)3)53-35(47)25(4)5)39-32(44)28-21-30(43-15-14-27(22-43)50-6)40-31(38-28)26-12-10-9-11-13-26/h9-13,21,24-25,27,29,37,55H,7-8,14-20,22-23H2,1-6H3,(H,39,44). The Morgan fingerprint density at radius 3 is 2.13 bits per heavy atom. The van der Waals surface area contributed by atoms with Gasteiger partial charge in [-0.3, -0.25) is 28.3 Å². The summed E-state index contributed by atoms with van der Waals surface area (Å²) in [6.45, 7) is 8.32. The van der Waals surface area contributed by atoms with Crippen LogP contribution in [0.3, 0.4) is 0 Å². The minimum atomic E-state index is -3.36. The Kier molecular flexibility index (Phi) is 16.4. The molecule has 2 aromatic rings. The molecule has 1 aromatic heterocycles. The lowest BCUT2D eigenvalue weighted by Gasteiger charge is -2.36. The van der Waals surface area contributed by atoms with E-state index in [4.69, 9.17) is 28.5 Å². The van der Waals surface area contributed by atoms with Gasteiger partial charge in [-0.1, -0.05) is 71.4 Å². The Bertz CT molecular complexity index is 1630. The Balaban J connectivity index is 1.60. The number of amides is 3. The number of rotatable bonds is 17. The largest absolute Gasteiger partial charge is 0.449 e. The van der Waals surface area contributed by atoms with Gasteiger partial charge in [-0.25, -0.2) is 14.8 Å². The van der Waals surface area contributed by atoms with Crippen LogP contribution in [0.1, 0.15) is 64.4 Å². The molecule has 3 atom stereocenters. The number of hydrogen-bond acceptors (Lipinski definition) is 14. The first kappa shape index (κ1) is 43.1. The molecule has 302 valence electrons. The van der Waals surface area contributed by atoms with Gasteiger partial charge in [0.1, 0.15) is 17.6 Å². The molecule has 1 aromatic carbocycles. The zero-order valence-corrected chi connectivity index (χ0v) is 33.4. The molecule has 2 aliphatic heterocycles. The second kappa shape index (κ2) is 20.9. The fourth-order valence-electron chi connectivity index (χ4n) is 5.57. The van der Waals surface area contributed by atoms with Gasteiger partial charge in [0.2, 0.25) is 13.9 Å². The van der Waals surface area contributed by atoms with Crippen LogP contribution in [0.4, 0.5) is 10.6 Å². The van der Waals surface area contributed by atoms with E-state index in [1.54, 1.807) is 34.8 Å². The summed E-state index contributed by atoms with van der Waals surface area (Å²) >= 11 is 0. The molecule has 0 aliphatic carbocycles. The molecule has 3 unspecified atom stereocenters. The predicted octanol–water partition coefficient (Wildman–Crippen LogP) is 3.72. The van der Waals surface area contributed by atoms with Crippen LogP contribution in [-0.2, 0) is 42.4 Å². The minimum Gasteiger partial charge on any atom is -0.449 e. The number of esters is 2. The maximum Gasteiger partial charge on any atom is 0.409 e. The van der Waals surface area contributed by atoms with E-state index in [-0.39, 0.29) is 50.4 Å². The van der Waals surface area contributed by atoms with Crippen molar-refractivity contribution in [2.24, 2.45) is 11.8 Å². The number of piperazine rings is 1. The lowest BCUT2D eigenvalue weighted by atomic mass is 10.2. The SMILES string of the molecule is CCCCOC(=O)N1CCN(C(=O)C(C[PH](=O)OC(OC(=O)C(C)C)OC(=O)C(C)C)NC(=O)c2cc(N3CCC(OC)C3)nc(-c3ccccc3)n2)CC1. The van der Waals surface area contributed by atoms with Crippen molar-refractivity contribution in [1.29, 1.82) is 0 Å². The molecular formula is C37H53N6O11P. The van der Waals surface area contributed by atoms with Crippen LogP contribution in [0.5, 0.6) is 0 Å². The van der Waals surface area contributed by atoms with E-state index in [1.165, 1.54) is 15.9 Å². The van der Waals surface area contributed by atoms with Crippen molar-refractivity contribution in [2.75, 3.05) is 64.0 Å². The molecule has 18 heteroatoms. The number of anilines is 1. The average Bonchev–Trinajstić information content (AvgIpc) is 3.67. The van der Waals surface area contributed by atoms with E-state index in [1.807, 2.05) is 42.2 Å². The van der Waals surface area contributed by atoms with Crippen molar-refractivity contribution in [3.63, 3.8) is 0 Å². The van der Waals surface area contributed by atoms with E-state index in [0.29, 0.717) is 24.5 Å². The Labute approximate surface area is 322 Å². The third-order valence-electron chi connectivity index (χ3n) is 8.92. The lowest BCUT2D eigenvalue weighted by molar-refractivity contribution is -0.238. The van der Waals surface area contributed by atoms with Gasteiger partial charge < -0.3 is 39.0 Å². The van der Waals surface area contributed by atoms with Crippen LogP contribution in [0, 0.1) is 11.8 Å². The van der Waals surface area contributed by atoms with Gasteiger partial charge in [0, 0.05) is 58.0 Å². The van der Waals surface area contributed by atoms with Gasteiger partial charge in [0.15, 0.2) is 5.82 Å². The van der Waals surface area contributed by atoms with Crippen molar-refractivity contribution < 1.29 is 52.0 Å². The molecule has 0 bridgehead atoms. The quantitative estimate of drug-likeness (QED) is 0.105. The number of methoxy groups -OCH3 is 1. The van der Waals surface area contributed by atoms with Crippen molar-refractivity contribution >= 4 is 43.7 Å². The number of unbranched alkanes of at least 4 members (excludes halogenated alkanes) is 1. The zero-order valence-electron chi connectivity index (χ0n) is 32.4. The van der Waals surface area contributed by atoms with Gasteiger partial charge in [0.05, 0.1) is 30.7 Å². The van der Waals surface area contributed by atoms with Crippen molar-refractivity contribution in [2.45, 2.75) is 72.5 Å². The summed E-state index contributed by atoms with van der Waals surface area (Å²) < 4.78 is 40.3. The molecule has 0 spiro atoms. The maximum atomic E-state index is 14.1. The van der Waals surface area contributed by atoms with Crippen LogP contribution >= 0.6 is 8.03 Å². The Morgan fingerprint density at radius 2 is 1.55 bits per heavy atom. The van der Waals surface area contributed by atoms with Gasteiger partial charge in [0.25, 0.3) is 5.91 Å². The van der Waals surface area contributed by atoms with E-state index in [2.05, 4.69) is 10.3 Å². The minimum absolute atomic E-state index is 0.0193. The summed E-state index contributed by atoms with van der Waals surface area (Å²) in [4.78, 5) is 79.7. The molecule has 2 aliphatic rings. The highest BCUT2D eigenvalue weighted by Crippen LogP contribution is 2.29. The fraction of sp³-hybridized carbons (Fsp3) is 0.595. The smallest absolute Gasteiger partial charge is 0.409 e. The molecule has 3 amide bonds. The van der Waals surface area contributed by atoms with Gasteiger partial charge in [-0.05, 0) is 12.8 Å². The first-order valence-corrected chi connectivity index (χ1v) is 20.2.